The number of hydrogen-bond donors (Lipinski definition) is 3. The highest BCUT2D eigenvalue weighted by molar-refractivity contribution is 5.78. The maximum Gasteiger partial charge on any atom is 0.0653 e. The van der Waals surface area contributed by atoms with Gasteiger partial charge in [0.05, 0.1) is 11.7 Å². The molecule has 0 amide bonds. The van der Waals surface area contributed by atoms with Gasteiger partial charge in [-0.25, -0.2) is 0 Å². The summed E-state index contributed by atoms with van der Waals surface area (Å²) in [4.78, 5) is 0. The fraction of sp³-hybridized carbons (Fsp3) is 0.533. The van der Waals surface area contributed by atoms with E-state index in [1.165, 1.54) is 5.56 Å². The van der Waals surface area contributed by atoms with Gasteiger partial charge in [-0.05, 0) is 31.0 Å². The molecule has 104 valence electrons. The minimum absolute atomic E-state index is 0.469. The lowest BCUT2D eigenvalue weighted by atomic mass is 10.1. The van der Waals surface area contributed by atoms with E-state index in [-0.39, 0.29) is 0 Å². The molecule has 1 unspecified atom stereocenters. The molecule has 2 rings (SSSR count). The van der Waals surface area contributed by atoms with Gasteiger partial charge in [-0.3, -0.25) is 5.10 Å². The van der Waals surface area contributed by atoms with E-state index in [9.17, 15) is 0 Å². The van der Waals surface area contributed by atoms with E-state index in [1.807, 2.05) is 6.20 Å². The zero-order valence-corrected chi connectivity index (χ0v) is 12.0. The minimum atomic E-state index is 0.469. The lowest BCUT2D eigenvalue weighted by Crippen LogP contribution is -2.37. The van der Waals surface area contributed by atoms with Crippen molar-refractivity contribution < 1.29 is 0 Å². The van der Waals surface area contributed by atoms with E-state index in [2.05, 4.69) is 59.8 Å². The molecule has 4 nitrogen and oxygen atoms in total. The summed E-state index contributed by atoms with van der Waals surface area (Å²) in [7, 11) is 0. The van der Waals surface area contributed by atoms with Crippen molar-refractivity contribution in [3.63, 3.8) is 0 Å². The zero-order chi connectivity index (χ0) is 13.7. The third-order valence-electron chi connectivity index (χ3n) is 3.16. The average Bonchev–Trinajstić information content (AvgIpc) is 2.83. The lowest BCUT2D eigenvalue weighted by Gasteiger charge is -2.15. The first kappa shape index (κ1) is 14.0. The molecule has 4 heteroatoms. The molecule has 1 atom stereocenters. The molecule has 0 bridgehead atoms. The standard InChI is InChI=1S/C15H24N4/c1-11(2)7-16-8-12(3)17-9-13-4-5-14-10-18-19-15(14)6-13/h4-6,10-12,16-17H,7-9H2,1-3H3,(H,18,19). The second-order valence-corrected chi connectivity index (χ2v) is 5.63. The molecule has 0 spiro atoms. The van der Waals surface area contributed by atoms with Gasteiger partial charge in [0.15, 0.2) is 0 Å². The molecular formula is C15H24N4. The Bertz CT molecular complexity index is 504. The van der Waals surface area contributed by atoms with Crippen LogP contribution in [-0.2, 0) is 6.54 Å². The van der Waals surface area contributed by atoms with Crippen molar-refractivity contribution in [1.82, 2.24) is 20.8 Å². The predicted molar refractivity (Wildman–Crippen MR) is 80.1 cm³/mol. The lowest BCUT2D eigenvalue weighted by molar-refractivity contribution is 0.472. The van der Waals surface area contributed by atoms with Gasteiger partial charge in [-0.15, -0.1) is 0 Å². The fourth-order valence-corrected chi connectivity index (χ4v) is 2.05. The number of fused-ring (bicyclic) bond motifs is 1. The fourth-order valence-electron chi connectivity index (χ4n) is 2.05. The summed E-state index contributed by atoms with van der Waals surface area (Å²) in [5.41, 5.74) is 2.39. The van der Waals surface area contributed by atoms with E-state index in [4.69, 9.17) is 0 Å². The highest BCUT2D eigenvalue weighted by atomic mass is 15.1. The summed E-state index contributed by atoms with van der Waals surface area (Å²) in [6.45, 7) is 9.63. The minimum Gasteiger partial charge on any atom is -0.315 e. The molecule has 0 aliphatic rings. The number of aromatic nitrogens is 2. The Hall–Kier alpha value is -1.39. The van der Waals surface area contributed by atoms with Gasteiger partial charge in [0.2, 0.25) is 0 Å². The summed E-state index contributed by atoms with van der Waals surface area (Å²) in [6, 6.07) is 6.89. The number of aromatic amines is 1. The van der Waals surface area contributed by atoms with Crippen LogP contribution in [0.15, 0.2) is 24.4 Å². The number of rotatable bonds is 7. The average molecular weight is 260 g/mol. The van der Waals surface area contributed by atoms with Crippen LogP contribution in [0.4, 0.5) is 0 Å². The second-order valence-electron chi connectivity index (χ2n) is 5.63. The van der Waals surface area contributed by atoms with Crippen molar-refractivity contribution in [3.05, 3.63) is 30.0 Å². The highest BCUT2D eigenvalue weighted by Gasteiger charge is 2.03. The van der Waals surface area contributed by atoms with Crippen LogP contribution in [0.5, 0.6) is 0 Å². The van der Waals surface area contributed by atoms with Gasteiger partial charge < -0.3 is 10.6 Å². The topological polar surface area (TPSA) is 52.7 Å². The van der Waals surface area contributed by atoms with Gasteiger partial charge >= 0.3 is 0 Å². The molecule has 0 saturated heterocycles. The number of hydrogen-bond acceptors (Lipinski definition) is 3. The van der Waals surface area contributed by atoms with Crippen LogP contribution in [0.2, 0.25) is 0 Å². The van der Waals surface area contributed by atoms with E-state index in [1.54, 1.807) is 0 Å². The largest absolute Gasteiger partial charge is 0.315 e. The molecule has 0 aliphatic heterocycles. The zero-order valence-electron chi connectivity index (χ0n) is 12.0. The van der Waals surface area contributed by atoms with Crippen LogP contribution in [0.1, 0.15) is 26.3 Å². The number of H-pyrrole nitrogens is 1. The summed E-state index contributed by atoms with van der Waals surface area (Å²) in [5, 5.41) is 15.2. The first-order valence-electron chi connectivity index (χ1n) is 7.01. The number of benzene rings is 1. The molecule has 1 aromatic carbocycles. The van der Waals surface area contributed by atoms with Crippen molar-refractivity contribution >= 4 is 10.9 Å². The quantitative estimate of drug-likeness (QED) is 0.716. The van der Waals surface area contributed by atoms with Crippen molar-refractivity contribution in [1.29, 1.82) is 0 Å². The van der Waals surface area contributed by atoms with Gasteiger partial charge in [-0.1, -0.05) is 26.0 Å². The Morgan fingerprint density at radius 1 is 1.21 bits per heavy atom. The number of nitrogens with one attached hydrogen (secondary N) is 3. The van der Waals surface area contributed by atoms with E-state index >= 15 is 0 Å². The summed E-state index contributed by atoms with van der Waals surface area (Å²) in [5.74, 6) is 0.704. The Morgan fingerprint density at radius 3 is 2.84 bits per heavy atom. The van der Waals surface area contributed by atoms with Crippen LogP contribution < -0.4 is 10.6 Å². The third-order valence-corrected chi connectivity index (χ3v) is 3.16. The van der Waals surface area contributed by atoms with Crippen LogP contribution in [0, 0.1) is 5.92 Å². The first-order valence-corrected chi connectivity index (χ1v) is 7.01. The first-order chi connectivity index (χ1) is 9.15. The van der Waals surface area contributed by atoms with Gasteiger partial charge in [-0.2, -0.15) is 5.10 Å². The molecule has 0 saturated carbocycles. The molecule has 3 N–H and O–H groups in total. The molecule has 19 heavy (non-hydrogen) atoms. The Balaban J connectivity index is 1.77. The molecule has 0 aliphatic carbocycles. The normalized spacial score (nSPS) is 13.3. The van der Waals surface area contributed by atoms with Crippen molar-refractivity contribution in [3.8, 4) is 0 Å². The van der Waals surface area contributed by atoms with Crippen molar-refractivity contribution in [2.24, 2.45) is 5.92 Å². The Kier molecular flexibility index (Phi) is 4.93. The molecule has 0 fully saturated rings. The summed E-state index contributed by atoms with van der Waals surface area (Å²) in [6.07, 6.45) is 1.85. The molecule has 1 heterocycles. The van der Waals surface area contributed by atoms with Crippen molar-refractivity contribution in [2.45, 2.75) is 33.4 Å². The van der Waals surface area contributed by atoms with Gasteiger partial charge in [0.1, 0.15) is 0 Å². The second kappa shape index (κ2) is 6.68. The monoisotopic (exact) mass is 260 g/mol. The van der Waals surface area contributed by atoms with Crippen LogP contribution >= 0.6 is 0 Å². The smallest absolute Gasteiger partial charge is 0.0653 e. The third kappa shape index (κ3) is 4.33. The molecule has 0 radical (unpaired) electrons. The Morgan fingerprint density at radius 2 is 2.05 bits per heavy atom. The molecular weight excluding hydrogens is 236 g/mol. The van der Waals surface area contributed by atoms with Crippen LogP contribution in [0.25, 0.3) is 10.9 Å². The predicted octanol–water partition coefficient (Wildman–Crippen LogP) is 2.29. The summed E-state index contributed by atoms with van der Waals surface area (Å²) >= 11 is 0. The maximum absolute atomic E-state index is 4.04. The van der Waals surface area contributed by atoms with Crippen molar-refractivity contribution in [2.75, 3.05) is 13.1 Å². The van der Waals surface area contributed by atoms with E-state index < -0.39 is 0 Å². The van der Waals surface area contributed by atoms with E-state index in [0.29, 0.717) is 12.0 Å². The molecule has 2 aromatic rings. The van der Waals surface area contributed by atoms with Gasteiger partial charge in [0.25, 0.3) is 0 Å². The highest BCUT2D eigenvalue weighted by Crippen LogP contribution is 2.12. The Labute approximate surface area is 115 Å². The van der Waals surface area contributed by atoms with Crippen LogP contribution in [-0.4, -0.2) is 29.3 Å². The maximum atomic E-state index is 4.04. The SMILES string of the molecule is CC(C)CNCC(C)NCc1ccc2cn[nH]c2c1. The van der Waals surface area contributed by atoms with E-state index in [0.717, 1.165) is 30.5 Å². The molecule has 1 aromatic heterocycles. The van der Waals surface area contributed by atoms with Crippen LogP contribution in [0.3, 0.4) is 0 Å². The van der Waals surface area contributed by atoms with Gasteiger partial charge in [0, 0.05) is 24.5 Å². The summed E-state index contributed by atoms with van der Waals surface area (Å²) < 4.78 is 0. The number of nitrogens with zero attached hydrogens (tertiary/aromatic N) is 1.